The number of rotatable bonds is 2. The van der Waals surface area contributed by atoms with Crippen molar-refractivity contribution < 1.29 is 4.79 Å². The molecular weight excluding hydrogens is 234 g/mol. The number of nitrogens with two attached hydrogens (primary N) is 1. The van der Waals surface area contributed by atoms with Gasteiger partial charge in [-0.05, 0) is 48.3 Å². The molecule has 3 aliphatic carbocycles. The molecule has 1 amide bonds. The Morgan fingerprint density at radius 2 is 1.63 bits per heavy atom. The summed E-state index contributed by atoms with van der Waals surface area (Å²) in [6.07, 6.45) is 8.41. The van der Waals surface area contributed by atoms with E-state index in [9.17, 15) is 4.79 Å². The van der Waals surface area contributed by atoms with Crippen LogP contribution < -0.4 is 5.73 Å². The van der Waals surface area contributed by atoms with Gasteiger partial charge >= 0.3 is 0 Å². The van der Waals surface area contributed by atoms with Gasteiger partial charge < -0.3 is 5.73 Å². The van der Waals surface area contributed by atoms with E-state index < -0.39 is 0 Å². The van der Waals surface area contributed by atoms with Crippen LogP contribution in [-0.2, 0) is 4.79 Å². The van der Waals surface area contributed by atoms with Gasteiger partial charge in [0.1, 0.15) is 0 Å². The van der Waals surface area contributed by atoms with Crippen LogP contribution in [0, 0.1) is 34.5 Å². The fraction of sp³-hybridized carbons (Fsp3) is 0.941. The van der Waals surface area contributed by atoms with Gasteiger partial charge in [0.15, 0.2) is 0 Å². The molecule has 4 unspecified atom stereocenters. The molecule has 3 saturated carbocycles. The smallest absolute Gasteiger partial charge is 0.223 e. The highest BCUT2D eigenvalue weighted by atomic mass is 16.1. The molecule has 0 heterocycles. The van der Waals surface area contributed by atoms with E-state index >= 15 is 0 Å². The largest absolute Gasteiger partial charge is 0.369 e. The lowest BCUT2D eigenvalue weighted by molar-refractivity contribution is -0.136. The van der Waals surface area contributed by atoms with E-state index in [1.165, 1.54) is 32.1 Å². The predicted octanol–water partition coefficient (Wildman–Crippen LogP) is 3.74. The van der Waals surface area contributed by atoms with Gasteiger partial charge in [-0.2, -0.15) is 0 Å². The number of carbonyl (C=O) groups excluding carboxylic acids is 1. The standard InChI is InChI=1S/C17H29NO/c1-11-12-10-13(12)14(16(11,2)3)17(15(18)19)8-6-4-5-7-9-17/h11-14H,4-10H2,1-3H3,(H2,18,19). The molecule has 3 rings (SSSR count). The molecule has 4 atom stereocenters. The van der Waals surface area contributed by atoms with E-state index in [0.29, 0.717) is 5.92 Å². The first-order valence-corrected chi connectivity index (χ1v) is 8.21. The van der Waals surface area contributed by atoms with E-state index in [0.717, 1.165) is 30.6 Å². The minimum atomic E-state index is -0.190. The number of amides is 1. The van der Waals surface area contributed by atoms with Crippen molar-refractivity contribution in [1.82, 2.24) is 0 Å². The molecule has 2 heteroatoms. The zero-order valence-electron chi connectivity index (χ0n) is 12.7. The highest BCUT2D eigenvalue weighted by Gasteiger charge is 2.67. The van der Waals surface area contributed by atoms with Crippen LogP contribution >= 0.6 is 0 Å². The Morgan fingerprint density at radius 3 is 2.05 bits per heavy atom. The van der Waals surface area contributed by atoms with Crippen molar-refractivity contribution in [1.29, 1.82) is 0 Å². The first-order valence-electron chi connectivity index (χ1n) is 8.21. The minimum absolute atomic E-state index is 0.00669. The molecule has 0 aliphatic heterocycles. The van der Waals surface area contributed by atoms with Crippen LogP contribution in [0.1, 0.15) is 65.7 Å². The number of hydrogen-bond acceptors (Lipinski definition) is 1. The number of primary amides is 1. The normalized spacial score (nSPS) is 43.3. The summed E-state index contributed by atoms with van der Waals surface area (Å²) in [7, 11) is 0. The zero-order chi connectivity index (χ0) is 13.8. The molecule has 0 aromatic carbocycles. The second-order valence-corrected chi connectivity index (χ2v) is 8.09. The molecule has 108 valence electrons. The summed E-state index contributed by atoms with van der Waals surface area (Å²) < 4.78 is 0. The van der Waals surface area contributed by atoms with Gasteiger partial charge in [0.05, 0.1) is 5.41 Å². The van der Waals surface area contributed by atoms with Crippen LogP contribution in [-0.4, -0.2) is 5.91 Å². The van der Waals surface area contributed by atoms with Gasteiger partial charge in [0.25, 0.3) is 0 Å². The Bertz CT molecular complexity index is 379. The molecule has 0 saturated heterocycles. The van der Waals surface area contributed by atoms with Crippen LogP contribution in [0.4, 0.5) is 0 Å². The predicted molar refractivity (Wildman–Crippen MR) is 77.4 cm³/mol. The second-order valence-electron chi connectivity index (χ2n) is 8.09. The van der Waals surface area contributed by atoms with Crippen molar-refractivity contribution in [2.24, 2.45) is 40.2 Å². The molecule has 0 spiro atoms. The minimum Gasteiger partial charge on any atom is -0.369 e. The summed E-state index contributed by atoms with van der Waals surface area (Å²) in [4.78, 5) is 12.4. The molecular formula is C17H29NO. The molecule has 2 nitrogen and oxygen atoms in total. The third-order valence-corrected chi connectivity index (χ3v) is 7.02. The van der Waals surface area contributed by atoms with Crippen molar-refractivity contribution in [2.45, 2.75) is 65.7 Å². The maximum absolute atomic E-state index is 12.4. The van der Waals surface area contributed by atoms with E-state index in [2.05, 4.69) is 20.8 Å². The van der Waals surface area contributed by atoms with Crippen molar-refractivity contribution in [3.8, 4) is 0 Å². The second kappa shape index (κ2) is 4.23. The van der Waals surface area contributed by atoms with Gasteiger partial charge in [-0.25, -0.2) is 0 Å². The fourth-order valence-electron chi connectivity index (χ4n) is 5.77. The topological polar surface area (TPSA) is 43.1 Å². The SMILES string of the molecule is CC1C2CC2C(C2(C(N)=O)CCCCCC2)C1(C)C. The van der Waals surface area contributed by atoms with E-state index in [1.54, 1.807) is 0 Å². The van der Waals surface area contributed by atoms with Gasteiger partial charge in [0.2, 0.25) is 5.91 Å². The third kappa shape index (κ3) is 1.78. The molecule has 3 aliphatic rings. The monoisotopic (exact) mass is 263 g/mol. The van der Waals surface area contributed by atoms with Crippen LogP contribution in [0.5, 0.6) is 0 Å². The summed E-state index contributed by atoms with van der Waals surface area (Å²) in [5, 5.41) is 0. The quantitative estimate of drug-likeness (QED) is 0.758. The van der Waals surface area contributed by atoms with Gasteiger partial charge in [-0.15, -0.1) is 0 Å². The maximum Gasteiger partial charge on any atom is 0.223 e. The molecule has 0 aromatic rings. The summed E-state index contributed by atoms with van der Waals surface area (Å²) in [6.45, 7) is 7.18. The summed E-state index contributed by atoms with van der Waals surface area (Å²) in [6, 6.07) is 0. The van der Waals surface area contributed by atoms with Gasteiger partial charge in [-0.3, -0.25) is 4.79 Å². The van der Waals surface area contributed by atoms with Crippen molar-refractivity contribution in [2.75, 3.05) is 0 Å². The molecule has 0 aromatic heterocycles. The Labute approximate surface area is 117 Å². The lowest BCUT2D eigenvalue weighted by atomic mass is 9.57. The first-order chi connectivity index (χ1) is 8.91. The van der Waals surface area contributed by atoms with E-state index in [-0.39, 0.29) is 16.7 Å². The number of fused-ring (bicyclic) bond motifs is 1. The maximum atomic E-state index is 12.4. The summed E-state index contributed by atoms with van der Waals surface area (Å²) in [5.41, 5.74) is 6.05. The zero-order valence-corrected chi connectivity index (χ0v) is 12.7. The Hall–Kier alpha value is -0.530. The van der Waals surface area contributed by atoms with Gasteiger partial charge in [0, 0.05) is 0 Å². The summed E-state index contributed by atoms with van der Waals surface area (Å²) in [5.74, 6) is 2.96. The highest BCUT2D eigenvalue weighted by molar-refractivity contribution is 5.81. The van der Waals surface area contributed by atoms with Crippen molar-refractivity contribution in [3.05, 3.63) is 0 Å². The number of carbonyl (C=O) groups is 1. The number of hydrogen-bond donors (Lipinski definition) is 1. The Morgan fingerprint density at radius 1 is 1.05 bits per heavy atom. The Kier molecular flexibility index (Phi) is 3.00. The molecule has 3 fully saturated rings. The molecule has 2 N–H and O–H groups in total. The summed E-state index contributed by atoms with van der Waals surface area (Å²) >= 11 is 0. The van der Waals surface area contributed by atoms with Crippen LogP contribution in [0.25, 0.3) is 0 Å². The third-order valence-electron chi connectivity index (χ3n) is 7.02. The van der Waals surface area contributed by atoms with E-state index in [4.69, 9.17) is 5.73 Å². The fourth-order valence-corrected chi connectivity index (χ4v) is 5.77. The van der Waals surface area contributed by atoms with Gasteiger partial charge in [-0.1, -0.05) is 46.5 Å². The lowest BCUT2D eigenvalue weighted by Gasteiger charge is -2.46. The van der Waals surface area contributed by atoms with Crippen LogP contribution in [0.15, 0.2) is 0 Å². The average molecular weight is 263 g/mol. The van der Waals surface area contributed by atoms with Crippen LogP contribution in [0.2, 0.25) is 0 Å². The Balaban J connectivity index is 1.98. The molecule has 19 heavy (non-hydrogen) atoms. The lowest BCUT2D eigenvalue weighted by Crippen LogP contribution is -2.49. The first kappa shape index (κ1) is 13.5. The molecule has 0 bridgehead atoms. The van der Waals surface area contributed by atoms with Crippen LogP contribution in [0.3, 0.4) is 0 Å². The highest BCUT2D eigenvalue weighted by Crippen LogP contribution is 2.72. The van der Waals surface area contributed by atoms with Crippen molar-refractivity contribution in [3.63, 3.8) is 0 Å². The van der Waals surface area contributed by atoms with Crippen molar-refractivity contribution >= 4 is 5.91 Å². The van der Waals surface area contributed by atoms with E-state index in [1.807, 2.05) is 0 Å². The average Bonchev–Trinajstić information content (AvgIpc) is 3.09. The molecule has 0 radical (unpaired) electrons.